The first kappa shape index (κ1) is 22.9. The summed E-state index contributed by atoms with van der Waals surface area (Å²) in [7, 11) is 1.19. The summed E-state index contributed by atoms with van der Waals surface area (Å²) in [6.45, 7) is 6.16. The molecule has 0 radical (unpaired) electrons. The molecule has 0 aliphatic heterocycles. The molecule has 1 rings (SSSR count). The summed E-state index contributed by atoms with van der Waals surface area (Å²) in [5, 5.41) is 10.7. The van der Waals surface area contributed by atoms with E-state index in [4.69, 9.17) is 9.47 Å². The Hall–Kier alpha value is -3.17. The summed E-state index contributed by atoms with van der Waals surface area (Å²) >= 11 is 0. The molecule has 154 valence electrons. The van der Waals surface area contributed by atoms with Gasteiger partial charge in [-0.15, -0.1) is 0 Å². The predicted octanol–water partition coefficient (Wildman–Crippen LogP) is 3.42. The zero-order valence-electron chi connectivity index (χ0n) is 16.5. The lowest BCUT2D eigenvalue weighted by atomic mass is 10.2. The second kappa shape index (κ2) is 9.67. The van der Waals surface area contributed by atoms with Crippen molar-refractivity contribution in [3.05, 3.63) is 39.9 Å². The Balaban J connectivity index is 2.89. The number of non-ortho nitro benzene ring substituents is 1. The maximum absolute atomic E-state index is 12.5. The third-order valence-electron chi connectivity index (χ3n) is 3.43. The molecule has 10 nitrogen and oxygen atoms in total. The Labute approximate surface area is 162 Å². The number of nitrogens with zero attached hydrogens (tertiary/aromatic N) is 2. The van der Waals surface area contributed by atoms with Crippen molar-refractivity contribution in [1.82, 2.24) is 4.90 Å². The van der Waals surface area contributed by atoms with Gasteiger partial charge >= 0.3 is 18.2 Å². The number of methoxy groups -OCH3 is 1. The monoisotopic (exact) mass is 396 g/mol. The maximum atomic E-state index is 12.5. The number of carbonyl (C=O) groups is 3. The Morgan fingerprint density at radius 1 is 1.14 bits per heavy atom. The number of benzene rings is 1. The lowest BCUT2D eigenvalue weighted by Gasteiger charge is -2.29. The van der Waals surface area contributed by atoms with E-state index in [0.717, 1.165) is 0 Å². The molecule has 1 atom stereocenters. The Morgan fingerprint density at radius 3 is 2.18 bits per heavy atom. The number of hydrogen-bond acceptors (Lipinski definition) is 8. The van der Waals surface area contributed by atoms with Crippen molar-refractivity contribution in [3.8, 4) is 0 Å². The van der Waals surface area contributed by atoms with Crippen molar-refractivity contribution in [2.24, 2.45) is 0 Å². The fourth-order valence-electron chi connectivity index (χ4n) is 2.09. The molecule has 1 aromatic rings. The molecular weight excluding hydrogens is 372 g/mol. The molecule has 0 aliphatic carbocycles. The number of ether oxygens (including phenoxy) is 3. The first-order valence-electron chi connectivity index (χ1n) is 8.43. The van der Waals surface area contributed by atoms with E-state index in [9.17, 15) is 24.5 Å². The first-order valence-corrected chi connectivity index (χ1v) is 8.43. The van der Waals surface area contributed by atoms with Gasteiger partial charge < -0.3 is 14.2 Å². The highest BCUT2D eigenvalue weighted by Crippen LogP contribution is 2.17. The maximum Gasteiger partial charge on any atom is 0.420 e. The number of rotatable bonds is 6. The number of nitro groups is 1. The molecule has 0 N–H and O–H groups in total. The topological polar surface area (TPSA) is 125 Å². The summed E-state index contributed by atoms with van der Waals surface area (Å²) in [5.41, 5.74) is -0.472. The van der Waals surface area contributed by atoms with Gasteiger partial charge in [0.15, 0.2) is 0 Å². The van der Waals surface area contributed by atoms with Crippen molar-refractivity contribution >= 4 is 23.8 Å². The summed E-state index contributed by atoms with van der Waals surface area (Å²) < 4.78 is 14.9. The molecule has 28 heavy (non-hydrogen) atoms. The van der Waals surface area contributed by atoms with Crippen LogP contribution in [-0.4, -0.2) is 46.7 Å². The molecular formula is C18H24N2O8. The molecule has 2 amide bonds. The van der Waals surface area contributed by atoms with Crippen LogP contribution in [-0.2, 0) is 25.6 Å². The first-order chi connectivity index (χ1) is 12.9. The van der Waals surface area contributed by atoms with Gasteiger partial charge in [0.1, 0.15) is 12.2 Å². The fraction of sp³-hybridized carbons (Fsp3) is 0.500. The molecule has 0 aromatic heterocycles. The van der Waals surface area contributed by atoms with Crippen LogP contribution in [0.1, 0.15) is 39.7 Å². The Bertz CT molecular complexity index is 724. The van der Waals surface area contributed by atoms with Crippen LogP contribution in [0.3, 0.4) is 0 Å². The van der Waals surface area contributed by atoms with E-state index >= 15 is 0 Å². The van der Waals surface area contributed by atoms with Gasteiger partial charge in [0.05, 0.1) is 24.5 Å². The zero-order chi connectivity index (χ0) is 21.5. The summed E-state index contributed by atoms with van der Waals surface area (Å²) in [4.78, 5) is 47.2. The SMILES string of the molecule is COC(=O)C[C@H](C)N(C(=O)OCc1ccc([N+](=O)[O-])cc1)C(=O)OC(C)(C)C. The number of imide groups is 1. The van der Waals surface area contributed by atoms with Crippen LogP contribution in [0.15, 0.2) is 24.3 Å². The second-order valence-corrected chi connectivity index (χ2v) is 6.96. The zero-order valence-corrected chi connectivity index (χ0v) is 16.5. The molecule has 1 aromatic carbocycles. The Kier molecular flexibility index (Phi) is 7.90. The third kappa shape index (κ3) is 7.22. The predicted molar refractivity (Wildman–Crippen MR) is 97.4 cm³/mol. The van der Waals surface area contributed by atoms with E-state index < -0.39 is 34.7 Å². The lowest BCUT2D eigenvalue weighted by molar-refractivity contribution is -0.384. The third-order valence-corrected chi connectivity index (χ3v) is 3.43. The van der Waals surface area contributed by atoms with E-state index in [2.05, 4.69) is 4.74 Å². The molecule has 0 fully saturated rings. The van der Waals surface area contributed by atoms with E-state index in [1.54, 1.807) is 20.8 Å². The Morgan fingerprint density at radius 2 is 1.71 bits per heavy atom. The van der Waals surface area contributed by atoms with Crippen molar-refractivity contribution in [2.75, 3.05) is 7.11 Å². The van der Waals surface area contributed by atoms with Crippen LogP contribution in [0.5, 0.6) is 0 Å². The summed E-state index contributed by atoms with van der Waals surface area (Å²) in [5.74, 6) is -0.607. The highest BCUT2D eigenvalue weighted by atomic mass is 16.6. The molecule has 0 heterocycles. The van der Waals surface area contributed by atoms with Gasteiger partial charge in [-0.1, -0.05) is 0 Å². The smallest absolute Gasteiger partial charge is 0.420 e. The summed E-state index contributed by atoms with van der Waals surface area (Å²) in [6, 6.07) is 4.54. The molecule has 0 saturated carbocycles. The lowest BCUT2D eigenvalue weighted by Crippen LogP contribution is -2.47. The minimum absolute atomic E-state index is 0.0999. The number of carbonyl (C=O) groups excluding carboxylic acids is 3. The number of nitro benzene ring substituents is 1. The van der Waals surface area contributed by atoms with Gasteiger partial charge in [-0.2, -0.15) is 0 Å². The molecule has 0 unspecified atom stereocenters. The van der Waals surface area contributed by atoms with E-state index in [1.807, 2.05) is 0 Å². The van der Waals surface area contributed by atoms with Gasteiger partial charge in [0.25, 0.3) is 5.69 Å². The van der Waals surface area contributed by atoms with Crippen LogP contribution in [0, 0.1) is 10.1 Å². The minimum atomic E-state index is -1.01. The standard InChI is InChI=1S/C18H24N2O8/c1-12(10-15(21)26-5)19(17(23)28-18(2,3)4)16(22)27-11-13-6-8-14(9-7-13)20(24)25/h6-9,12H,10-11H2,1-5H3/t12-/m0/s1. The van der Waals surface area contributed by atoms with Gasteiger partial charge in [0.2, 0.25) is 0 Å². The van der Waals surface area contributed by atoms with E-state index in [0.29, 0.717) is 10.5 Å². The van der Waals surface area contributed by atoms with Crippen molar-refractivity contribution in [3.63, 3.8) is 0 Å². The van der Waals surface area contributed by atoms with E-state index in [-0.39, 0.29) is 18.7 Å². The van der Waals surface area contributed by atoms with Crippen molar-refractivity contribution in [1.29, 1.82) is 0 Å². The number of esters is 1. The number of hydrogen-bond donors (Lipinski definition) is 0. The highest BCUT2D eigenvalue weighted by Gasteiger charge is 2.34. The molecule has 10 heteroatoms. The quantitative estimate of drug-likeness (QED) is 0.310. The molecule has 0 aliphatic rings. The molecule has 0 saturated heterocycles. The average molecular weight is 396 g/mol. The van der Waals surface area contributed by atoms with Crippen molar-refractivity contribution < 1.29 is 33.5 Å². The fourth-order valence-corrected chi connectivity index (χ4v) is 2.09. The van der Waals surface area contributed by atoms with Crippen LogP contribution in [0.2, 0.25) is 0 Å². The minimum Gasteiger partial charge on any atom is -0.469 e. The normalized spacial score (nSPS) is 11.9. The average Bonchev–Trinajstić information content (AvgIpc) is 2.58. The van der Waals surface area contributed by atoms with Crippen LogP contribution >= 0.6 is 0 Å². The van der Waals surface area contributed by atoms with Gasteiger partial charge in [-0.25, -0.2) is 14.5 Å². The van der Waals surface area contributed by atoms with Gasteiger partial charge in [-0.3, -0.25) is 14.9 Å². The second-order valence-electron chi connectivity index (χ2n) is 6.96. The van der Waals surface area contributed by atoms with Crippen LogP contribution < -0.4 is 0 Å². The highest BCUT2D eigenvalue weighted by molar-refractivity contribution is 5.89. The summed E-state index contributed by atoms with van der Waals surface area (Å²) in [6.07, 6.45) is -2.20. The van der Waals surface area contributed by atoms with Crippen molar-refractivity contribution in [2.45, 2.75) is 52.4 Å². The van der Waals surface area contributed by atoms with Crippen LogP contribution in [0.25, 0.3) is 0 Å². The van der Waals surface area contributed by atoms with E-state index in [1.165, 1.54) is 38.3 Å². The molecule has 0 spiro atoms. The molecule has 0 bridgehead atoms. The van der Waals surface area contributed by atoms with Crippen LogP contribution in [0.4, 0.5) is 15.3 Å². The van der Waals surface area contributed by atoms with Gasteiger partial charge in [0, 0.05) is 12.1 Å². The number of amides is 2. The largest absolute Gasteiger partial charge is 0.469 e. The van der Waals surface area contributed by atoms with Gasteiger partial charge in [-0.05, 0) is 45.4 Å².